The third kappa shape index (κ3) is 5.83. The number of carbonyl (C=O) groups is 2. The number of ether oxygens (including phenoxy) is 4. The van der Waals surface area contributed by atoms with Crippen LogP contribution in [0.3, 0.4) is 0 Å². The monoisotopic (exact) mass is 536 g/mol. The number of benzene rings is 2. The van der Waals surface area contributed by atoms with E-state index in [-0.39, 0.29) is 24.6 Å². The van der Waals surface area contributed by atoms with Crippen molar-refractivity contribution in [1.29, 1.82) is 0 Å². The first kappa shape index (κ1) is 26.5. The van der Waals surface area contributed by atoms with Crippen molar-refractivity contribution in [3.8, 4) is 0 Å². The van der Waals surface area contributed by atoms with E-state index >= 15 is 0 Å². The fraction of sp³-hybridized carbons (Fsp3) is 0.333. The molecule has 3 N–H and O–H groups in total. The number of hydrogen-bond acceptors (Lipinski definition) is 8. The van der Waals surface area contributed by atoms with Crippen molar-refractivity contribution >= 4 is 17.8 Å². The van der Waals surface area contributed by atoms with Gasteiger partial charge in [-0.1, -0.05) is 48.5 Å². The highest BCUT2D eigenvalue weighted by molar-refractivity contribution is 5.89. The van der Waals surface area contributed by atoms with Gasteiger partial charge in [0.15, 0.2) is 12.5 Å². The Morgan fingerprint density at radius 3 is 2.51 bits per heavy atom. The number of aromatic nitrogens is 2. The van der Waals surface area contributed by atoms with Gasteiger partial charge < -0.3 is 29.4 Å². The minimum absolute atomic E-state index is 0.0506. The van der Waals surface area contributed by atoms with Crippen LogP contribution in [0.15, 0.2) is 71.7 Å². The normalized spacial score (nSPS) is 23.8. The Morgan fingerprint density at radius 2 is 1.77 bits per heavy atom. The van der Waals surface area contributed by atoms with E-state index in [1.807, 2.05) is 30.3 Å². The predicted octanol–water partition coefficient (Wildman–Crippen LogP) is 2.68. The summed E-state index contributed by atoms with van der Waals surface area (Å²) in [5, 5.41) is 14.5. The number of nitrogens with one attached hydrogen (secondary N) is 2. The van der Waals surface area contributed by atoms with Crippen molar-refractivity contribution in [1.82, 2.24) is 14.9 Å². The molecule has 3 heterocycles. The molecule has 5 atom stereocenters. The molecule has 5 rings (SSSR count). The summed E-state index contributed by atoms with van der Waals surface area (Å²) in [4.78, 5) is 40.2. The first-order valence-electron chi connectivity index (χ1n) is 12.5. The Kier molecular flexibility index (Phi) is 7.98. The van der Waals surface area contributed by atoms with Gasteiger partial charge in [-0.25, -0.2) is 14.4 Å². The summed E-state index contributed by atoms with van der Waals surface area (Å²) >= 11 is 0. The summed E-state index contributed by atoms with van der Waals surface area (Å²) in [5.74, 6) is -0.943. The molecule has 2 fully saturated rings. The van der Waals surface area contributed by atoms with Crippen LogP contribution in [0.4, 0.5) is 10.6 Å². The number of fused-ring (bicyclic) bond motifs is 1. The Balaban J connectivity index is 1.34. The maximum atomic E-state index is 12.9. The molecule has 39 heavy (non-hydrogen) atoms. The van der Waals surface area contributed by atoms with Gasteiger partial charge in [0.25, 0.3) is 0 Å². The molecule has 12 heteroatoms. The number of nitrogens with zero attached hydrogens (tertiary/aromatic N) is 2. The quantitative estimate of drug-likeness (QED) is 0.375. The first-order chi connectivity index (χ1) is 18.9. The fourth-order valence-corrected chi connectivity index (χ4v) is 4.60. The van der Waals surface area contributed by atoms with E-state index in [1.165, 1.54) is 22.9 Å². The molecule has 0 bridgehead atoms. The number of hydrogen-bond donors (Lipinski definition) is 3. The molecule has 2 aliphatic rings. The zero-order valence-corrected chi connectivity index (χ0v) is 21.1. The van der Waals surface area contributed by atoms with Crippen molar-refractivity contribution in [2.45, 2.75) is 44.4 Å². The average molecular weight is 537 g/mol. The molecular weight excluding hydrogens is 508 g/mol. The number of amides is 2. The zero-order valence-electron chi connectivity index (χ0n) is 21.1. The van der Waals surface area contributed by atoms with Gasteiger partial charge in [-0.3, -0.25) is 9.88 Å². The van der Waals surface area contributed by atoms with Crippen LogP contribution in [0.1, 0.15) is 40.9 Å². The second-order valence-electron chi connectivity index (χ2n) is 8.97. The van der Waals surface area contributed by atoms with E-state index in [4.69, 9.17) is 18.9 Å². The molecule has 1 unspecified atom stereocenters. The van der Waals surface area contributed by atoms with Crippen LogP contribution < -0.4 is 16.3 Å². The predicted molar refractivity (Wildman–Crippen MR) is 137 cm³/mol. The Labute approximate surface area is 223 Å². The Bertz CT molecular complexity index is 1380. The van der Waals surface area contributed by atoms with Crippen molar-refractivity contribution in [3.05, 3.63) is 94.0 Å². The maximum Gasteiger partial charge on any atom is 0.351 e. The van der Waals surface area contributed by atoms with Crippen LogP contribution in [-0.2, 0) is 25.6 Å². The second-order valence-corrected chi connectivity index (χ2v) is 8.97. The minimum atomic E-state index is -1.04. The van der Waals surface area contributed by atoms with Crippen LogP contribution in [0.2, 0.25) is 0 Å². The highest BCUT2D eigenvalue weighted by atomic mass is 16.8. The number of carbonyl (C=O) groups excluding carboxylic acids is 1. The van der Waals surface area contributed by atoms with Gasteiger partial charge in [0.05, 0.1) is 18.8 Å². The molecule has 2 aliphatic heterocycles. The third-order valence-corrected chi connectivity index (χ3v) is 6.39. The largest absolute Gasteiger partial charge is 0.478 e. The molecule has 12 nitrogen and oxygen atoms in total. The van der Waals surface area contributed by atoms with Gasteiger partial charge in [0, 0.05) is 18.3 Å². The minimum Gasteiger partial charge on any atom is -0.478 e. The van der Waals surface area contributed by atoms with Crippen molar-refractivity contribution in [3.63, 3.8) is 0 Å². The van der Waals surface area contributed by atoms with Gasteiger partial charge >= 0.3 is 17.7 Å². The topological polar surface area (TPSA) is 150 Å². The van der Waals surface area contributed by atoms with E-state index in [1.54, 1.807) is 25.1 Å². The second kappa shape index (κ2) is 11.7. The lowest BCUT2D eigenvalue weighted by Crippen LogP contribution is -2.35. The lowest BCUT2D eigenvalue weighted by Gasteiger charge is -2.22. The van der Waals surface area contributed by atoms with E-state index in [2.05, 4.69) is 15.6 Å². The van der Waals surface area contributed by atoms with Crippen LogP contribution >= 0.6 is 0 Å². The standard InChI is InChI=1S/C27H28N4O8/c1-2-28-26(34)29-20-12-13-31(27(35)30-20)23-22-21(38-25(39-22)16-8-4-3-5-9-16)19(37-23)15-36-14-17-10-6-7-11-18(17)24(32)33/h3-13,19,21-23,25H,2,14-15H2,1H3,(H,32,33)(H2,28,29,30,34,35)/t19-,21?,22+,23-,25+/m1/s1. The van der Waals surface area contributed by atoms with Crippen LogP contribution in [0.5, 0.6) is 0 Å². The molecule has 1 aromatic heterocycles. The molecule has 0 saturated carbocycles. The Hall–Kier alpha value is -4.10. The van der Waals surface area contributed by atoms with Crippen molar-refractivity contribution in [2.75, 3.05) is 18.5 Å². The number of carboxylic acids is 1. The van der Waals surface area contributed by atoms with E-state index in [0.29, 0.717) is 12.1 Å². The summed E-state index contributed by atoms with van der Waals surface area (Å²) in [7, 11) is 0. The third-order valence-electron chi connectivity index (χ3n) is 6.39. The molecule has 204 valence electrons. The summed E-state index contributed by atoms with van der Waals surface area (Å²) in [6.07, 6.45) is -1.92. The summed E-state index contributed by atoms with van der Waals surface area (Å²) in [6.45, 7) is 2.31. The molecule has 2 amide bonds. The Morgan fingerprint density at radius 1 is 1.03 bits per heavy atom. The van der Waals surface area contributed by atoms with Crippen molar-refractivity contribution < 1.29 is 33.6 Å². The van der Waals surface area contributed by atoms with Gasteiger partial charge in [-0.15, -0.1) is 0 Å². The molecule has 0 spiro atoms. The lowest BCUT2D eigenvalue weighted by molar-refractivity contribution is -0.159. The SMILES string of the molecule is CCNC(=O)Nc1ccn([C@@H]2O[C@H](COCc3ccccc3C(=O)O)C3O[C@H](c4ccccc4)O[C@@H]32)c(=O)n1. The maximum absolute atomic E-state index is 12.9. The van der Waals surface area contributed by atoms with Gasteiger partial charge in [0.2, 0.25) is 0 Å². The van der Waals surface area contributed by atoms with Gasteiger partial charge in [-0.2, -0.15) is 4.98 Å². The molecule has 2 aromatic carbocycles. The fourth-order valence-electron chi connectivity index (χ4n) is 4.60. The van der Waals surface area contributed by atoms with Gasteiger partial charge in [0.1, 0.15) is 24.1 Å². The lowest BCUT2D eigenvalue weighted by atomic mass is 10.1. The highest BCUT2D eigenvalue weighted by Crippen LogP contribution is 2.43. The number of carboxylic acid groups (broad SMARTS) is 1. The number of urea groups is 1. The van der Waals surface area contributed by atoms with E-state index < -0.39 is 48.5 Å². The molecule has 3 aromatic rings. The number of rotatable bonds is 9. The molecule has 0 radical (unpaired) electrons. The molecular formula is C27H28N4O8. The summed E-state index contributed by atoms with van der Waals surface area (Å²) in [6, 6.07) is 17.0. The first-order valence-corrected chi connectivity index (χ1v) is 12.5. The molecule has 2 saturated heterocycles. The number of anilines is 1. The van der Waals surface area contributed by atoms with Crippen LogP contribution in [0.25, 0.3) is 0 Å². The van der Waals surface area contributed by atoms with Crippen molar-refractivity contribution in [2.24, 2.45) is 0 Å². The zero-order chi connectivity index (χ0) is 27.4. The number of aromatic carboxylic acids is 1. The van der Waals surface area contributed by atoms with Crippen LogP contribution in [0, 0.1) is 0 Å². The average Bonchev–Trinajstić information content (AvgIpc) is 3.50. The van der Waals surface area contributed by atoms with Crippen LogP contribution in [-0.4, -0.2) is 58.1 Å². The molecule has 0 aliphatic carbocycles. The van der Waals surface area contributed by atoms with E-state index in [9.17, 15) is 19.5 Å². The highest BCUT2D eigenvalue weighted by Gasteiger charge is 2.54. The smallest absolute Gasteiger partial charge is 0.351 e. The van der Waals surface area contributed by atoms with E-state index in [0.717, 1.165) is 5.56 Å². The summed E-state index contributed by atoms with van der Waals surface area (Å²) in [5.41, 5.74) is 0.853. The van der Waals surface area contributed by atoms with Gasteiger partial charge in [-0.05, 0) is 24.6 Å². The summed E-state index contributed by atoms with van der Waals surface area (Å²) < 4.78 is 25.8.